The van der Waals surface area contributed by atoms with Crippen molar-refractivity contribution >= 4 is 29.6 Å². The lowest BCUT2D eigenvalue weighted by molar-refractivity contribution is 0.194. The summed E-state index contributed by atoms with van der Waals surface area (Å²) in [4.78, 5) is 22.5. The van der Waals surface area contributed by atoms with Gasteiger partial charge in [-0.2, -0.15) is 15.0 Å². The minimum Gasteiger partial charge on any atom is -0.465 e. The number of unbranched alkanes of at least 4 members (excludes halogenated alkanes) is 3. The Hall–Kier alpha value is -1.83. The maximum atomic E-state index is 10.3. The van der Waals surface area contributed by atoms with Gasteiger partial charge in [-0.25, -0.2) is 4.79 Å². The molecule has 8 nitrogen and oxygen atoms in total. The van der Waals surface area contributed by atoms with E-state index in [-0.39, 0.29) is 5.28 Å². The molecule has 0 unspecified atom stereocenters. The van der Waals surface area contributed by atoms with Gasteiger partial charge in [0.25, 0.3) is 0 Å². The van der Waals surface area contributed by atoms with Crippen LogP contribution in [0.15, 0.2) is 0 Å². The Morgan fingerprint density at radius 1 is 1.00 bits per heavy atom. The van der Waals surface area contributed by atoms with Crippen LogP contribution in [-0.2, 0) is 0 Å². The maximum Gasteiger partial charge on any atom is 0.404 e. The van der Waals surface area contributed by atoms with Gasteiger partial charge in [0.15, 0.2) is 0 Å². The zero-order valence-electron chi connectivity index (χ0n) is 12.7. The van der Waals surface area contributed by atoms with Gasteiger partial charge >= 0.3 is 6.09 Å². The summed E-state index contributed by atoms with van der Waals surface area (Å²) in [6.07, 6.45) is 4.23. The molecule has 0 aromatic carbocycles. The monoisotopic (exact) mass is 330 g/mol. The van der Waals surface area contributed by atoms with E-state index < -0.39 is 6.09 Å². The summed E-state index contributed by atoms with van der Waals surface area (Å²) in [6.45, 7) is 3.87. The lowest BCUT2D eigenvalue weighted by Crippen LogP contribution is -2.23. The lowest BCUT2D eigenvalue weighted by Gasteiger charge is -2.08. The number of carbonyl (C=O) groups is 1. The molecule has 0 aliphatic heterocycles. The van der Waals surface area contributed by atoms with E-state index in [2.05, 4.69) is 37.8 Å². The third kappa shape index (κ3) is 8.46. The Labute approximate surface area is 135 Å². The van der Waals surface area contributed by atoms with Crippen molar-refractivity contribution in [3.05, 3.63) is 5.28 Å². The molecular formula is C13H23ClN6O2. The Bertz CT molecular complexity index is 460. The van der Waals surface area contributed by atoms with Crippen molar-refractivity contribution in [2.75, 3.05) is 30.3 Å². The maximum absolute atomic E-state index is 10.3. The van der Waals surface area contributed by atoms with Crippen LogP contribution in [0, 0.1) is 0 Å². The minimum absolute atomic E-state index is 0.122. The molecule has 0 fully saturated rings. The molecule has 0 radical (unpaired) electrons. The van der Waals surface area contributed by atoms with Gasteiger partial charge in [0.2, 0.25) is 17.2 Å². The molecular weight excluding hydrogens is 308 g/mol. The number of anilines is 2. The summed E-state index contributed by atoms with van der Waals surface area (Å²) in [5.74, 6) is 0.828. The van der Waals surface area contributed by atoms with Crippen LogP contribution in [-0.4, -0.2) is 45.8 Å². The highest BCUT2D eigenvalue weighted by molar-refractivity contribution is 6.28. The topological polar surface area (TPSA) is 112 Å². The molecule has 4 N–H and O–H groups in total. The fourth-order valence-corrected chi connectivity index (χ4v) is 1.90. The van der Waals surface area contributed by atoms with Crippen molar-refractivity contribution in [3.63, 3.8) is 0 Å². The zero-order chi connectivity index (χ0) is 16.2. The first-order valence-electron chi connectivity index (χ1n) is 7.48. The number of amides is 1. The second kappa shape index (κ2) is 10.8. The normalized spacial score (nSPS) is 10.3. The highest BCUT2D eigenvalue weighted by Gasteiger charge is 2.04. The van der Waals surface area contributed by atoms with Crippen LogP contribution in [0.3, 0.4) is 0 Å². The number of hydrogen-bond acceptors (Lipinski definition) is 6. The average molecular weight is 331 g/mol. The number of halogens is 1. The van der Waals surface area contributed by atoms with Crippen LogP contribution in [0.1, 0.15) is 39.0 Å². The second-order valence-electron chi connectivity index (χ2n) is 4.75. The quantitative estimate of drug-likeness (QED) is 0.461. The SMILES string of the molecule is CCCCCCNc1nc(Cl)nc(NCCCNC(=O)O)n1. The minimum atomic E-state index is -1.03. The van der Waals surface area contributed by atoms with Crippen LogP contribution in [0.25, 0.3) is 0 Å². The lowest BCUT2D eigenvalue weighted by atomic mass is 10.2. The van der Waals surface area contributed by atoms with Crippen LogP contribution >= 0.6 is 11.6 Å². The highest BCUT2D eigenvalue weighted by Crippen LogP contribution is 2.10. The van der Waals surface area contributed by atoms with Gasteiger partial charge in [0, 0.05) is 19.6 Å². The molecule has 1 rings (SSSR count). The Balaban J connectivity index is 2.33. The van der Waals surface area contributed by atoms with E-state index in [0.29, 0.717) is 31.4 Å². The van der Waals surface area contributed by atoms with Gasteiger partial charge in [-0.15, -0.1) is 0 Å². The summed E-state index contributed by atoms with van der Waals surface area (Å²) in [5, 5.41) is 17.0. The zero-order valence-corrected chi connectivity index (χ0v) is 13.5. The van der Waals surface area contributed by atoms with Crippen LogP contribution in [0.5, 0.6) is 0 Å². The van der Waals surface area contributed by atoms with Crippen molar-refractivity contribution in [1.29, 1.82) is 0 Å². The van der Waals surface area contributed by atoms with Crippen LogP contribution < -0.4 is 16.0 Å². The van der Waals surface area contributed by atoms with E-state index in [1.807, 2.05) is 0 Å². The third-order valence-corrected chi connectivity index (χ3v) is 3.00. The first-order chi connectivity index (χ1) is 10.6. The summed E-state index contributed by atoms with van der Waals surface area (Å²) < 4.78 is 0. The van der Waals surface area contributed by atoms with Crippen molar-refractivity contribution in [3.8, 4) is 0 Å². The van der Waals surface area contributed by atoms with E-state index in [0.717, 1.165) is 13.0 Å². The molecule has 124 valence electrons. The fraction of sp³-hybridized carbons (Fsp3) is 0.692. The van der Waals surface area contributed by atoms with Crippen molar-refractivity contribution in [1.82, 2.24) is 20.3 Å². The van der Waals surface area contributed by atoms with E-state index in [4.69, 9.17) is 16.7 Å². The predicted octanol–water partition coefficient (Wildman–Crippen LogP) is 2.59. The smallest absolute Gasteiger partial charge is 0.404 e. The average Bonchev–Trinajstić information content (AvgIpc) is 2.46. The molecule has 0 saturated heterocycles. The van der Waals surface area contributed by atoms with Gasteiger partial charge < -0.3 is 21.1 Å². The molecule has 9 heteroatoms. The number of carboxylic acid groups (broad SMARTS) is 1. The Morgan fingerprint density at radius 3 is 2.23 bits per heavy atom. The number of aromatic nitrogens is 3. The summed E-state index contributed by atoms with van der Waals surface area (Å²) >= 11 is 5.86. The Morgan fingerprint density at radius 2 is 1.64 bits per heavy atom. The molecule has 0 atom stereocenters. The molecule has 0 bridgehead atoms. The van der Waals surface area contributed by atoms with Crippen molar-refractivity contribution < 1.29 is 9.90 Å². The van der Waals surface area contributed by atoms with Gasteiger partial charge in [-0.05, 0) is 24.4 Å². The summed E-state index contributed by atoms with van der Waals surface area (Å²) in [7, 11) is 0. The molecule has 0 saturated carbocycles. The number of nitrogens with zero attached hydrogens (tertiary/aromatic N) is 3. The Kier molecular flexibility index (Phi) is 8.97. The highest BCUT2D eigenvalue weighted by atomic mass is 35.5. The molecule has 1 heterocycles. The van der Waals surface area contributed by atoms with Gasteiger partial charge in [-0.1, -0.05) is 26.2 Å². The molecule has 1 aromatic heterocycles. The third-order valence-electron chi connectivity index (χ3n) is 2.83. The van der Waals surface area contributed by atoms with Gasteiger partial charge in [0.05, 0.1) is 0 Å². The van der Waals surface area contributed by atoms with E-state index in [1.165, 1.54) is 19.3 Å². The van der Waals surface area contributed by atoms with Gasteiger partial charge in [0.1, 0.15) is 0 Å². The first kappa shape index (κ1) is 18.2. The van der Waals surface area contributed by atoms with E-state index in [1.54, 1.807) is 0 Å². The molecule has 1 amide bonds. The van der Waals surface area contributed by atoms with Crippen molar-refractivity contribution in [2.24, 2.45) is 0 Å². The molecule has 22 heavy (non-hydrogen) atoms. The molecule has 0 aliphatic carbocycles. The predicted molar refractivity (Wildman–Crippen MR) is 86.6 cm³/mol. The van der Waals surface area contributed by atoms with Gasteiger partial charge in [-0.3, -0.25) is 0 Å². The summed E-state index contributed by atoms with van der Waals surface area (Å²) in [6, 6.07) is 0. The second-order valence-corrected chi connectivity index (χ2v) is 5.09. The van der Waals surface area contributed by atoms with E-state index in [9.17, 15) is 4.79 Å². The van der Waals surface area contributed by atoms with E-state index >= 15 is 0 Å². The standard InChI is InChI=1S/C13H23ClN6O2/c1-2-3-4-5-7-15-11-18-10(14)19-12(20-11)16-8-6-9-17-13(21)22/h17H,2-9H2,1H3,(H,21,22)(H2,15,16,18,19,20). The number of nitrogens with one attached hydrogen (secondary N) is 3. The fourth-order valence-electron chi connectivity index (χ4n) is 1.74. The molecule has 0 spiro atoms. The first-order valence-corrected chi connectivity index (χ1v) is 7.85. The number of hydrogen-bond donors (Lipinski definition) is 4. The number of rotatable bonds is 11. The largest absolute Gasteiger partial charge is 0.465 e. The van der Waals surface area contributed by atoms with Crippen LogP contribution in [0.2, 0.25) is 5.28 Å². The molecule has 0 aliphatic rings. The van der Waals surface area contributed by atoms with Crippen LogP contribution in [0.4, 0.5) is 16.7 Å². The molecule has 1 aromatic rings. The summed E-state index contributed by atoms with van der Waals surface area (Å²) in [5.41, 5.74) is 0. The van der Waals surface area contributed by atoms with Crippen molar-refractivity contribution in [2.45, 2.75) is 39.0 Å².